The van der Waals surface area contributed by atoms with Crippen LogP contribution in [0.3, 0.4) is 0 Å². The molecule has 0 spiro atoms. The minimum atomic E-state index is -0.218. The molecule has 5 nitrogen and oxygen atoms in total. The van der Waals surface area contributed by atoms with Crippen LogP contribution in [0.1, 0.15) is 39.5 Å². The second-order valence-corrected chi connectivity index (χ2v) is 8.75. The highest BCUT2D eigenvalue weighted by Gasteiger charge is 2.26. The molecule has 3 rings (SSSR count). The molecule has 1 amide bonds. The third kappa shape index (κ3) is 4.41. The van der Waals surface area contributed by atoms with Crippen molar-refractivity contribution in [1.29, 1.82) is 0 Å². The van der Waals surface area contributed by atoms with Gasteiger partial charge in [0.25, 0.3) is 0 Å². The number of halogens is 1. The lowest BCUT2D eigenvalue weighted by Gasteiger charge is -2.30. The fourth-order valence-electron chi connectivity index (χ4n) is 3.31. The maximum atomic E-state index is 12.6. The molecule has 1 heterocycles. The molecular formula is C19H25ClN4OS. The Kier molecular flexibility index (Phi) is 6.24. The molecule has 0 saturated heterocycles. The van der Waals surface area contributed by atoms with Crippen molar-refractivity contribution in [3.63, 3.8) is 0 Å². The molecular weight excluding hydrogens is 368 g/mol. The Balaban J connectivity index is 1.65. The minimum absolute atomic E-state index is 0.0739. The van der Waals surface area contributed by atoms with Crippen LogP contribution in [-0.2, 0) is 11.8 Å². The number of carbonyl (C=O) groups excluding carboxylic acids is 1. The van der Waals surface area contributed by atoms with Gasteiger partial charge in [-0.1, -0.05) is 43.1 Å². The van der Waals surface area contributed by atoms with Crippen LogP contribution in [0, 0.1) is 5.92 Å². The van der Waals surface area contributed by atoms with Crippen molar-refractivity contribution in [2.45, 2.75) is 56.0 Å². The summed E-state index contributed by atoms with van der Waals surface area (Å²) in [6, 6.07) is 7.80. The molecule has 140 valence electrons. The smallest absolute Gasteiger partial charge is 0.233 e. The van der Waals surface area contributed by atoms with Crippen LogP contribution < -0.4 is 5.32 Å². The van der Waals surface area contributed by atoms with E-state index in [1.54, 1.807) is 0 Å². The molecule has 0 radical (unpaired) electrons. The second kappa shape index (κ2) is 8.44. The molecule has 26 heavy (non-hydrogen) atoms. The van der Waals surface area contributed by atoms with E-state index < -0.39 is 0 Å². The van der Waals surface area contributed by atoms with Gasteiger partial charge in [0.05, 0.1) is 5.25 Å². The number of thioether (sulfide) groups is 1. The predicted molar refractivity (Wildman–Crippen MR) is 106 cm³/mol. The van der Waals surface area contributed by atoms with Crippen molar-refractivity contribution in [2.24, 2.45) is 13.0 Å². The highest BCUT2D eigenvalue weighted by molar-refractivity contribution is 8.00. The minimum Gasteiger partial charge on any atom is -0.352 e. The van der Waals surface area contributed by atoms with Crippen LogP contribution in [0.5, 0.6) is 0 Å². The number of nitrogens with one attached hydrogen (secondary N) is 1. The molecule has 1 aromatic carbocycles. The lowest BCUT2D eigenvalue weighted by atomic mass is 9.86. The van der Waals surface area contributed by atoms with Gasteiger partial charge in [-0.3, -0.25) is 4.79 Å². The summed E-state index contributed by atoms with van der Waals surface area (Å²) >= 11 is 7.38. The molecule has 3 atom stereocenters. The first-order chi connectivity index (χ1) is 12.5. The Labute approximate surface area is 163 Å². The summed E-state index contributed by atoms with van der Waals surface area (Å²) in [7, 11) is 1.92. The van der Waals surface area contributed by atoms with E-state index in [1.807, 2.05) is 42.8 Å². The van der Waals surface area contributed by atoms with E-state index in [9.17, 15) is 4.79 Å². The van der Waals surface area contributed by atoms with Crippen molar-refractivity contribution in [3.05, 3.63) is 29.3 Å². The summed E-state index contributed by atoms with van der Waals surface area (Å²) in [6.07, 6.45) is 4.74. The van der Waals surface area contributed by atoms with Gasteiger partial charge in [0, 0.05) is 23.7 Å². The number of hydrogen-bond acceptors (Lipinski definition) is 4. The molecule has 0 aliphatic heterocycles. The van der Waals surface area contributed by atoms with Crippen LogP contribution >= 0.6 is 23.4 Å². The fourth-order valence-corrected chi connectivity index (χ4v) is 4.26. The van der Waals surface area contributed by atoms with E-state index in [4.69, 9.17) is 11.6 Å². The van der Waals surface area contributed by atoms with Crippen LogP contribution in [0.4, 0.5) is 0 Å². The van der Waals surface area contributed by atoms with Crippen molar-refractivity contribution < 1.29 is 4.79 Å². The third-order valence-corrected chi connectivity index (χ3v) is 6.41. The van der Waals surface area contributed by atoms with E-state index in [0.717, 1.165) is 23.0 Å². The van der Waals surface area contributed by atoms with Gasteiger partial charge < -0.3 is 9.88 Å². The molecule has 1 saturated carbocycles. The standard InChI is InChI=1S/C19H25ClN4OS/c1-12-6-4-5-7-16(12)21-18(25)13(2)26-19-23-22-17(24(19)3)14-8-10-15(20)11-9-14/h8-13,16H,4-7H2,1-3H3,(H,21,25). The number of nitrogens with zero attached hydrogens (tertiary/aromatic N) is 3. The maximum absolute atomic E-state index is 12.6. The number of amides is 1. The van der Waals surface area contributed by atoms with Crippen molar-refractivity contribution >= 4 is 29.3 Å². The molecule has 1 N–H and O–H groups in total. The largest absolute Gasteiger partial charge is 0.352 e. The average molecular weight is 393 g/mol. The van der Waals surface area contributed by atoms with Gasteiger partial charge in [-0.25, -0.2) is 0 Å². The van der Waals surface area contributed by atoms with E-state index in [-0.39, 0.29) is 11.2 Å². The predicted octanol–water partition coefficient (Wildman–Crippen LogP) is 4.31. The van der Waals surface area contributed by atoms with Gasteiger partial charge in [-0.05, 0) is 49.9 Å². The summed E-state index contributed by atoms with van der Waals surface area (Å²) in [5.41, 5.74) is 0.949. The summed E-state index contributed by atoms with van der Waals surface area (Å²) in [6.45, 7) is 4.15. The van der Waals surface area contributed by atoms with Crippen molar-refractivity contribution in [2.75, 3.05) is 0 Å². The summed E-state index contributed by atoms with van der Waals surface area (Å²) in [5.74, 6) is 1.39. The van der Waals surface area contributed by atoms with E-state index >= 15 is 0 Å². The Morgan fingerprint density at radius 3 is 2.65 bits per heavy atom. The van der Waals surface area contributed by atoms with Crippen LogP contribution in [0.15, 0.2) is 29.4 Å². The number of hydrogen-bond donors (Lipinski definition) is 1. The highest BCUT2D eigenvalue weighted by atomic mass is 35.5. The summed E-state index contributed by atoms with van der Waals surface area (Å²) < 4.78 is 1.92. The van der Waals surface area contributed by atoms with Crippen LogP contribution in [0.25, 0.3) is 11.4 Å². The van der Waals surface area contributed by atoms with Crippen molar-refractivity contribution in [3.8, 4) is 11.4 Å². The fraction of sp³-hybridized carbons (Fsp3) is 0.526. The summed E-state index contributed by atoms with van der Waals surface area (Å²) in [5, 5.41) is 13.0. The zero-order valence-corrected chi connectivity index (χ0v) is 17.0. The molecule has 1 fully saturated rings. The third-order valence-electron chi connectivity index (χ3n) is 5.03. The number of benzene rings is 1. The molecule has 0 bridgehead atoms. The Hall–Kier alpha value is -1.53. The Morgan fingerprint density at radius 1 is 1.27 bits per heavy atom. The topological polar surface area (TPSA) is 59.8 Å². The summed E-state index contributed by atoms with van der Waals surface area (Å²) in [4.78, 5) is 12.6. The lowest BCUT2D eigenvalue weighted by molar-refractivity contribution is -0.121. The lowest BCUT2D eigenvalue weighted by Crippen LogP contribution is -2.44. The highest BCUT2D eigenvalue weighted by Crippen LogP contribution is 2.28. The number of carbonyl (C=O) groups is 1. The normalized spacial score (nSPS) is 21.4. The van der Waals surface area contributed by atoms with E-state index in [2.05, 4.69) is 22.4 Å². The number of rotatable bonds is 5. The first-order valence-electron chi connectivity index (χ1n) is 9.08. The monoisotopic (exact) mass is 392 g/mol. The second-order valence-electron chi connectivity index (χ2n) is 7.01. The first kappa shape index (κ1) is 19.2. The molecule has 1 aliphatic rings. The maximum Gasteiger partial charge on any atom is 0.233 e. The van der Waals surface area contributed by atoms with Gasteiger partial charge in [0.15, 0.2) is 11.0 Å². The van der Waals surface area contributed by atoms with Gasteiger partial charge >= 0.3 is 0 Å². The number of aromatic nitrogens is 3. The zero-order chi connectivity index (χ0) is 18.7. The SMILES string of the molecule is CC(Sc1nnc(-c2ccc(Cl)cc2)n1C)C(=O)NC1CCCCC1C. The molecule has 2 aromatic rings. The molecule has 1 aromatic heterocycles. The average Bonchev–Trinajstić information content (AvgIpc) is 2.98. The van der Waals surface area contributed by atoms with Gasteiger partial charge in [-0.15, -0.1) is 10.2 Å². The van der Waals surface area contributed by atoms with Gasteiger partial charge in [0.2, 0.25) is 5.91 Å². The van der Waals surface area contributed by atoms with E-state index in [1.165, 1.54) is 31.0 Å². The molecule has 7 heteroatoms. The molecule has 3 unspecified atom stereocenters. The Morgan fingerprint density at radius 2 is 1.96 bits per heavy atom. The van der Waals surface area contributed by atoms with Gasteiger partial charge in [0.1, 0.15) is 0 Å². The van der Waals surface area contributed by atoms with Crippen molar-refractivity contribution in [1.82, 2.24) is 20.1 Å². The zero-order valence-electron chi connectivity index (χ0n) is 15.4. The van der Waals surface area contributed by atoms with Crippen LogP contribution in [0.2, 0.25) is 5.02 Å². The van der Waals surface area contributed by atoms with E-state index in [0.29, 0.717) is 17.0 Å². The quantitative estimate of drug-likeness (QED) is 0.770. The molecule has 1 aliphatic carbocycles. The Bertz CT molecular complexity index is 761. The van der Waals surface area contributed by atoms with Crippen LogP contribution in [-0.4, -0.2) is 32.0 Å². The first-order valence-corrected chi connectivity index (χ1v) is 10.3. The van der Waals surface area contributed by atoms with Gasteiger partial charge in [-0.2, -0.15) is 0 Å².